The van der Waals surface area contributed by atoms with E-state index in [0.717, 1.165) is 42.3 Å². The fourth-order valence-corrected chi connectivity index (χ4v) is 2.17. The normalized spacial score (nSPS) is 14.3. The van der Waals surface area contributed by atoms with Crippen LogP contribution in [0.15, 0.2) is 12.3 Å². The summed E-state index contributed by atoms with van der Waals surface area (Å²) in [6.07, 6.45) is 5.13. The summed E-state index contributed by atoms with van der Waals surface area (Å²) in [6.45, 7) is 2.08. The molecule has 0 amide bonds. The summed E-state index contributed by atoms with van der Waals surface area (Å²) in [5, 5.41) is 7.72. The molecule has 1 aliphatic carbocycles. The molecule has 3 rings (SSSR count). The lowest BCUT2D eigenvalue weighted by Crippen LogP contribution is -2.11. The highest BCUT2D eigenvalue weighted by Crippen LogP contribution is 2.39. The third-order valence-electron chi connectivity index (χ3n) is 3.34. The molecule has 0 aromatic carbocycles. The Morgan fingerprint density at radius 1 is 1.35 bits per heavy atom. The van der Waals surface area contributed by atoms with Gasteiger partial charge in [0, 0.05) is 25.2 Å². The summed E-state index contributed by atoms with van der Waals surface area (Å²) >= 11 is 0. The van der Waals surface area contributed by atoms with Crippen molar-refractivity contribution in [1.82, 2.24) is 19.7 Å². The lowest BCUT2D eigenvalue weighted by atomic mass is 10.3. The Labute approximate surface area is 117 Å². The van der Waals surface area contributed by atoms with E-state index >= 15 is 0 Å². The number of nitrogens with two attached hydrogens (primary N) is 1. The molecular formula is C13H19N7. The Bertz CT molecular complexity index is 615. The molecule has 20 heavy (non-hydrogen) atoms. The molecule has 0 unspecified atom stereocenters. The Kier molecular flexibility index (Phi) is 3.27. The van der Waals surface area contributed by atoms with Crippen molar-refractivity contribution in [1.29, 1.82) is 0 Å². The minimum atomic E-state index is 0.475. The van der Waals surface area contributed by atoms with Crippen molar-refractivity contribution in [2.45, 2.75) is 32.1 Å². The zero-order valence-electron chi connectivity index (χ0n) is 11.7. The van der Waals surface area contributed by atoms with Gasteiger partial charge in [-0.3, -0.25) is 4.68 Å². The SMILES string of the molecule is CCc1nn(C)cc1Nc1cc(NN)nc(C2CC2)n1. The van der Waals surface area contributed by atoms with Gasteiger partial charge in [-0.1, -0.05) is 6.92 Å². The summed E-state index contributed by atoms with van der Waals surface area (Å²) in [5.74, 6) is 8.18. The number of anilines is 3. The van der Waals surface area contributed by atoms with Gasteiger partial charge in [0.25, 0.3) is 0 Å². The molecule has 7 heteroatoms. The van der Waals surface area contributed by atoms with Crippen molar-refractivity contribution in [3.63, 3.8) is 0 Å². The van der Waals surface area contributed by atoms with Crippen LogP contribution < -0.4 is 16.6 Å². The molecule has 0 atom stereocenters. The first-order valence-corrected chi connectivity index (χ1v) is 6.84. The molecule has 0 bridgehead atoms. The standard InChI is InChI=1S/C13H19N7/c1-3-9-10(7-20(2)19-9)15-11-6-12(18-14)17-13(16-11)8-4-5-8/h6-8H,3-5,14H2,1-2H3,(H2,15,16,17,18). The summed E-state index contributed by atoms with van der Waals surface area (Å²) in [5.41, 5.74) is 4.58. The van der Waals surface area contributed by atoms with Gasteiger partial charge in [0.2, 0.25) is 0 Å². The van der Waals surface area contributed by atoms with E-state index in [0.29, 0.717) is 11.7 Å². The Balaban J connectivity index is 1.90. The zero-order chi connectivity index (χ0) is 14.1. The van der Waals surface area contributed by atoms with Gasteiger partial charge in [-0.15, -0.1) is 0 Å². The Hall–Kier alpha value is -2.15. The Morgan fingerprint density at radius 3 is 2.75 bits per heavy atom. The van der Waals surface area contributed by atoms with Gasteiger partial charge >= 0.3 is 0 Å². The van der Waals surface area contributed by atoms with E-state index in [1.54, 1.807) is 10.7 Å². The highest BCUT2D eigenvalue weighted by Gasteiger charge is 2.27. The first kappa shape index (κ1) is 12.9. The van der Waals surface area contributed by atoms with E-state index in [1.807, 2.05) is 13.2 Å². The van der Waals surface area contributed by atoms with Crippen LogP contribution in [0.3, 0.4) is 0 Å². The first-order chi connectivity index (χ1) is 9.69. The molecule has 1 saturated carbocycles. The predicted molar refractivity (Wildman–Crippen MR) is 77.7 cm³/mol. The molecule has 0 radical (unpaired) electrons. The average Bonchev–Trinajstić information content (AvgIpc) is 3.23. The first-order valence-electron chi connectivity index (χ1n) is 6.84. The number of hydrogen-bond donors (Lipinski definition) is 3. The van der Waals surface area contributed by atoms with E-state index in [4.69, 9.17) is 5.84 Å². The number of hydrazine groups is 1. The second-order valence-electron chi connectivity index (χ2n) is 5.06. The number of nitrogens with zero attached hydrogens (tertiary/aromatic N) is 4. The van der Waals surface area contributed by atoms with Crippen LogP contribution in [-0.2, 0) is 13.5 Å². The second kappa shape index (κ2) is 5.09. The van der Waals surface area contributed by atoms with Gasteiger partial charge in [-0.25, -0.2) is 15.8 Å². The number of aromatic nitrogens is 4. The van der Waals surface area contributed by atoms with Gasteiger partial charge in [0.15, 0.2) is 0 Å². The minimum Gasteiger partial charge on any atom is -0.337 e. The summed E-state index contributed by atoms with van der Waals surface area (Å²) in [4.78, 5) is 8.96. The molecule has 2 aromatic rings. The molecule has 1 aliphatic rings. The van der Waals surface area contributed by atoms with Crippen molar-refractivity contribution in [3.05, 3.63) is 23.8 Å². The number of aryl methyl sites for hydroxylation is 2. The maximum atomic E-state index is 5.48. The van der Waals surface area contributed by atoms with Crippen molar-refractivity contribution in [2.75, 3.05) is 10.7 Å². The number of nitrogen functional groups attached to an aromatic ring is 1. The van der Waals surface area contributed by atoms with E-state index in [-0.39, 0.29) is 0 Å². The van der Waals surface area contributed by atoms with Crippen molar-refractivity contribution >= 4 is 17.3 Å². The van der Waals surface area contributed by atoms with Gasteiger partial charge in [-0.2, -0.15) is 5.10 Å². The van der Waals surface area contributed by atoms with Crippen LogP contribution >= 0.6 is 0 Å². The number of hydrogen-bond acceptors (Lipinski definition) is 6. The van der Waals surface area contributed by atoms with Crippen molar-refractivity contribution in [3.8, 4) is 0 Å². The molecule has 0 spiro atoms. The van der Waals surface area contributed by atoms with E-state index in [1.165, 1.54) is 0 Å². The second-order valence-corrected chi connectivity index (χ2v) is 5.06. The molecule has 2 heterocycles. The topological polar surface area (TPSA) is 93.7 Å². The number of nitrogens with one attached hydrogen (secondary N) is 2. The molecule has 0 saturated heterocycles. The predicted octanol–water partition coefficient (Wildman–Crippen LogP) is 1.68. The average molecular weight is 273 g/mol. The molecular weight excluding hydrogens is 254 g/mol. The van der Waals surface area contributed by atoms with Crippen LogP contribution in [0.2, 0.25) is 0 Å². The minimum absolute atomic E-state index is 0.475. The molecule has 1 fully saturated rings. The van der Waals surface area contributed by atoms with E-state index in [9.17, 15) is 0 Å². The summed E-state index contributed by atoms with van der Waals surface area (Å²) < 4.78 is 1.80. The van der Waals surface area contributed by atoms with Gasteiger partial charge in [0.05, 0.1) is 11.4 Å². The molecule has 2 aromatic heterocycles. The quantitative estimate of drug-likeness (QED) is 0.567. The third kappa shape index (κ3) is 2.57. The Morgan fingerprint density at radius 2 is 2.10 bits per heavy atom. The van der Waals surface area contributed by atoms with Gasteiger partial charge in [-0.05, 0) is 19.3 Å². The third-order valence-corrected chi connectivity index (χ3v) is 3.34. The summed E-state index contributed by atoms with van der Waals surface area (Å²) in [6, 6.07) is 1.80. The molecule has 7 nitrogen and oxygen atoms in total. The fourth-order valence-electron chi connectivity index (χ4n) is 2.17. The van der Waals surface area contributed by atoms with E-state index < -0.39 is 0 Å². The van der Waals surface area contributed by atoms with Crippen LogP contribution in [-0.4, -0.2) is 19.7 Å². The molecule has 0 aliphatic heterocycles. The zero-order valence-corrected chi connectivity index (χ0v) is 11.7. The monoisotopic (exact) mass is 273 g/mol. The van der Waals surface area contributed by atoms with Crippen molar-refractivity contribution in [2.24, 2.45) is 12.9 Å². The van der Waals surface area contributed by atoms with Crippen LogP contribution in [0.4, 0.5) is 17.3 Å². The van der Waals surface area contributed by atoms with Gasteiger partial charge < -0.3 is 10.7 Å². The van der Waals surface area contributed by atoms with Crippen LogP contribution in [0.1, 0.15) is 37.2 Å². The number of rotatable bonds is 5. The van der Waals surface area contributed by atoms with E-state index in [2.05, 4.69) is 32.7 Å². The molecule has 106 valence electrons. The largest absolute Gasteiger partial charge is 0.337 e. The lowest BCUT2D eigenvalue weighted by Gasteiger charge is -2.09. The highest BCUT2D eigenvalue weighted by atomic mass is 15.3. The van der Waals surface area contributed by atoms with Crippen LogP contribution in [0, 0.1) is 0 Å². The lowest BCUT2D eigenvalue weighted by molar-refractivity contribution is 0.746. The van der Waals surface area contributed by atoms with Crippen molar-refractivity contribution < 1.29 is 0 Å². The summed E-state index contributed by atoms with van der Waals surface area (Å²) in [7, 11) is 1.91. The smallest absolute Gasteiger partial charge is 0.145 e. The van der Waals surface area contributed by atoms with Crippen LogP contribution in [0.25, 0.3) is 0 Å². The van der Waals surface area contributed by atoms with Gasteiger partial charge in [0.1, 0.15) is 17.5 Å². The maximum absolute atomic E-state index is 5.48. The highest BCUT2D eigenvalue weighted by molar-refractivity contribution is 5.60. The maximum Gasteiger partial charge on any atom is 0.145 e. The fraction of sp³-hybridized carbons (Fsp3) is 0.462. The molecule has 4 N–H and O–H groups in total. The van der Waals surface area contributed by atoms with Crippen LogP contribution in [0.5, 0.6) is 0 Å².